The normalized spacial score (nSPS) is 33.0. The standard InChI is InChI=1S/C7H12FNO.ClH/c8-3-6-4-9-7(1-2-7)5-10-6;/h6,9H,1-5H2;1H. The third-order valence-corrected chi connectivity index (χ3v) is 2.33. The molecule has 0 aromatic carbocycles. The van der Waals surface area contributed by atoms with Crippen molar-refractivity contribution < 1.29 is 9.13 Å². The van der Waals surface area contributed by atoms with Crippen LogP contribution >= 0.6 is 12.4 Å². The third kappa shape index (κ3) is 1.83. The van der Waals surface area contributed by atoms with Crippen LogP contribution in [0.3, 0.4) is 0 Å². The number of halogens is 2. The number of ether oxygens (including phenoxy) is 1. The van der Waals surface area contributed by atoms with Crippen molar-refractivity contribution in [2.75, 3.05) is 19.8 Å². The molecule has 1 heterocycles. The summed E-state index contributed by atoms with van der Waals surface area (Å²) >= 11 is 0. The van der Waals surface area contributed by atoms with E-state index in [0.717, 1.165) is 0 Å². The lowest BCUT2D eigenvalue weighted by Gasteiger charge is -2.28. The smallest absolute Gasteiger partial charge is 0.117 e. The Hall–Kier alpha value is 0.140. The van der Waals surface area contributed by atoms with E-state index in [1.165, 1.54) is 12.8 Å². The fourth-order valence-electron chi connectivity index (χ4n) is 1.29. The van der Waals surface area contributed by atoms with Crippen LogP contribution in [0.5, 0.6) is 0 Å². The summed E-state index contributed by atoms with van der Waals surface area (Å²) in [6.07, 6.45) is 2.21. The average Bonchev–Trinajstić information content (AvgIpc) is 2.72. The summed E-state index contributed by atoms with van der Waals surface area (Å²) < 4.78 is 17.3. The van der Waals surface area contributed by atoms with Crippen LogP contribution in [0.25, 0.3) is 0 Å². The molecule has 2 nitrogen and oxygen atoms in total. The van der Waals surface area contributed by atoms with Gasteiger partial charge in [-0.1, -0.05) is 0 Å². The lowest BCUT2D eigenvalue weighted by atomic mass is 10.2. The van der Waals surface area contributed by atoms with Crippen LogP contribution in [0.15, 0.2) is 0 Å². The molecule has 1 saturated heterocycles. The fourth-order valence-corrected chi connectivity index (χ4v) is 1.29. The van der Waals surface area contributed by atoms with E-state index >= 15 is 0 Å². The highest BCUT2D eigenvalue weighted by atomic mass is 35.5. The maximum atomic E-state index is 12.0. The third-order valence-electron chi connectivity index (χ3n) is 2.33. The molecule has 2 rings (SSSR count). The lowest BCUT2D eigenvalue weighted by molar-refractivity contribution is -0.0149. The van der Waals surface area contributed by atoms with Crippen molar-refractivity contribution in [1.82, 2.24) is 5.32 Å². The number of morpholine rings is 1. The van der Waals surface area contributed by atoms with Gasteiger partial charge in [0.15, 0.2) is 0 Å². The maximum absolute atomic E-state index is 12.0. The number of hydrogen-bond donors (Lipinski definition) is 1. The van der Waals surface area contributed by atoms with E-state index in [0.29, 0.717) is 13.2 Å². The summed E-state index contributed by atoms with van der Waals surface area (Å²) in [7, 11) is 0. The van der Waals surface area contributed by atoms with Gasteiger partial charge in [-0.2, -0.15) is 0 Å². The van der Waals surface area contributed by atoms with Crippen molar-refractivity contribution in [3.63, 3.8) is 0 Å². The van der Waals surface area contributed by atoms with Gasteiger partial charge in [0.25, 0.3) is 0 Å². The highest BCUT2D eigenvalue weighted by molar-refractivity contribution is 5.85. The van der Waals surface area contributed by atoms with Gasteiger partial charge >= 0.3 is 0 Å². The Labute approximate surface area is 71.9 Å². The summed E-state index contributed by atoms with van der Waals surface area (Å²) in [4.78, 5) is 0. The molecule has 1 saturated carbocycles. The predicted octanol–water partition coefficient (Wildman–Crippen LogP) is 0.899. The molecule has 1 unspecified atom stereocenters. The molecule has 1 aliphatic carbocycles. The van der Waals surface area contributed by atoms with Crippen LogP contribution in [0.2, 0.25) is 0 Å². The molecule has 66 valence electrons. The Morgan fingerprint density at radius 1 is 1.55 bits per heavy atom. The Balaban J connectivity index is 0.000000605. The average molecular weight is 182 g/mol. The lowest BCUT2D eigenvalue weighted by Crippen LogP contribution is -2.48. The molecule has 1 atom stereocenters. The Bertz CT molecular complexity index is 130. The zero-order valence-electron chi connectivity index (χ0n) is 6.31. The minimum atomic E-state index is -0.358. The highest BCUT2D eigenvalue weighted by Crippen LogP contribution is 2.37. The molecular formula is C7H13ClFNO. The minimum absolute atomic E-state index is 0. The van der Waals surface area contributed by atoms with Crippen LogP contribution in [0.4, 0.5) is 4.39 Å². The van der Waals surface area contributed by atoms with E-state index < -0.39 is 0 Å². The van der Waals surface area contributed by atoms with Gasteiger partial charge in [-0.25, -0.2) is 4.39 Å². The molecule has 11 heavy (non-hydrogen) atoms. The van der Waals surface area contributed by atoms with E-state index in [1.807, 2.05) is 0 Å². The fraction of sp³-hybridized carbons (Fsp3) is 1.00. The second-order valence-corrected chi connectivity index (χ2v) is 3.25. The van der Waals surface area contributed by atoms with Crippen molar-refractivity contribution in [1.29, 1.82) is 0 Å². The molecule has 4 heteroatoms. The number of nitrogens with one attached hydrogen (secondary N) is 1. The molecule has 0 radical (unpaired) electrons. The van der Waals surface area contributed by atoms with E-state index in [2.05, 4.69) is 5.32 Å². The van der Waals surface area contributed by atoms with Gasteiger partial charge in [0.2, 0.25) is 0 Å². The number of alkyl halides is 1. The van der Waals surface area contributed by atoms with Gasteiger partial charge in [-0.3, -0.25) is 0 Å². The van der Waals surface area contributed by atoms with Gasteiger partial charge in [0, 0.05) is 12.1 Å². The van der Waals surface area contributed by atoms with Crippen molar-refractivity contribution >= 4 is 12.4 Å². The van der Waals surface area contributed by atoms with Crippen molar-refractivity contribution in [3.8, 4) is 0 Å². The number of rotatable bonds is 1. The zero-order chi connectivity index (χ0) is 7.03. The first-order chi connectivity index (χ1) is 4.85. The quantitative estimate of drug-likeness (QED) is 0.649. The molecular weight excluding hydrogens is 169 g/mol. The van der Waals surface area contributed by atoms with E-state index in [-0.39, 0.29) is 30.7 Å². The zero-order valence-corrected chi connectivity index (χ0v) is 7.12. The van der Waals surface area contributed by atoms with Crippen molar-refractivity contribution in [2.24, 2.45) is 0 Å². The van der Waals surface area contributed by atoms with Gasteiger partial charge in [0.05, 0.1) is 12.7 Å². The SMILES string of the molecule is Cl.FCC1CNC2(CC2)CO1. The molecule has 1 spiro atoms. The van der Waals surface area contributed by atoms with Crippen LogP contribution in [-0.4, -0.2) is 31.5 Å². The first kappa shape index (κ1) is 9.23. The Morgan fingerprint density at radius 3 is 2.64 bits per heavy atom. The van der Waals surface area contributed by atoms with E-state index in [4.69, 9.17) is 4.74 Å². The summed E-state index contributed by atoms with van der Waals surface area (Å²) in [5.74, 6) is 0. The molecule has 0 bridgehead atoms. The van der Waals surface area contributed by atoms with Gasteiger partial charge in [0.1, 0.15) is 6.67 Å². The monoisotopic (exact) mass is 181 g/mol. The maximum Gasteiger partial charge on any atom is 0.117 e. The highest BCUT2D eigenvalue weighted by Gasteiger charge is 2.45. The van der Waals surface area contributed by atoms with Crippen LogP contribution in [-0.2, 0) is 4.74 Å². The molecule has 0 aromatic heterocycles. The Kier molecular flexibility index (Phi) is 2.73. The molecule has 2 fully saturated rings. The second kappa shape index (κ2) is 3.25. The van der Waals surface area contributed by atoms with Gasteiger partial charge < -0.3 is 10.1 Å². The topological polar surface area (TPSA) is 21.3 Å². The molecule has 1 aliphatic heterocycles. The molecule has 0 aromatic rings. The summed E-state index contributed by atoms with van der Waals surface area (Å²) in [5.41, 5.74) is 0.270. The van der Waals surface area contributed by atoms with Gasteiger partial charge in [-0.05, 0) is 12.8 Å². The van der Waals surface area contributed by atoms with Gasteiger partial charge in [-0.15, -0.1) is 12.4 Å². The molecule has 2 aliphatic rings. The Morgan fingerprint density at radius 2 is 2.27 bits per heavy atom. The van der Waals surface area contributed by atoms with E-state index in [9.17, 15) is 4.39 Å². The first-order valence-corrected chi connectivity index (χ1v) is 3.77. The first-order valence-electron chi connectivity index (χ1n) is 3.77. The van der Waals surface area contributed by atoms with Crippen molar-refractivity contribution in [3.05, 3.63) is 0 Å². The minimum Gasteiger partial charge on any atom is -0.372 e. The van der Waals surface area contributed by atoms with Crippen molar-refractivity contribution in [2.45, 2.75) is 24.5 Å². The number of hydrogen-bond acceptors (Lipinski definition) is 2. The van der Waals surface area contributed by atoms with Crippen LogP contribution < -0.4 is 5.32 Å². The summed E-state index contributed by atoms with van der Waals surface area (Å²) in [6.45, 7) is 1.04. The van der Waals surface area contributed by atoms with Crippen LogP contribution in [0, 0.1) is 0 Å². The largest absolute Gasteiger partial charge is 0.372 e. The predicted molar refractivity (Wildman–Crippen MR) is 42.9 cm³/mol. The molecule has 1 N–H and O–H groups in total. The molecule has 0 amide bonds. The summed E-state index contributed by atoms with van der Waals surface area (Å²) in [6, 6.07) is 0. The van der Waals surface area contributed by atoms with E-state index in [1.54, 1.807) is 0 Å². The second-order valence-electron chi connectivity index (χ2n) is 3.25. The van der Waals surface area contributed by atoms with Crippen LogP contribution in [0.1, 0.15) is 12.8 Å². The summed E-state index contributed by atoms with van der Waals surface area (Å²) in [5, 5.41) is 3.31.